The Bertz CT molecular complexity index is 1470. The third kappa shape index (κ3) is 4.32. The van der Waals surface area contributed by atoms with Gasteiger partial charge in [-0.25, -0.2) is 13.4 Å². The lowest BCUT2D eigenvalue weighted by Gasteiger charge is -2.14. The maximum Gasteiger partial charge on any atom is 0.265 e. The average Bonchev–Trinajstić information content (AvgIpc) is 2.78. The Labute approximate surface area is 190 Å². The van der Waals surface area contributed by atoms with E-state index in [-0.39, 0.29) is 21.9 Å². The Morgan fingerprint density at radius 2 is 1.84 bits per heavy atom. The Hall–Kier alpha value is -3.36. The van der Waals surface area contributed by atoms with Gasteiger partial charge < -0.3 is 4.74 Å². The molecule has 0 fully saturated rings. The largest absolute Gasteiger partial charge is 0.495 e. The molecule has 0 saturated heterocycles. The minimum absolute atomic E-state index is 0.0941. The minimum Gasteiger partial charge on any atom is -0.495 e. The second kappa shape index (κ2) is 8.64. The van der Waals surface area contributed by atoms with Gasteiger partial charge in [-0.1, -0.05) is 41.9 Å². The number of aryl methyl sites for hydroxylation is 1. The second-order valence-corrected chi connectivity index (χ2v) is 9.31. The summed E-state index contributed by atoms with van der Waals surface area (Å²) in [6.45, 7) is 2.11. The van der Waals surface area contributed by atoms with E-state index in [0.29, 0.717) is 28.0 Å². The van der Waals surface area contributed by atoms with Gasteiger partial charge in [0.05, 0.1) is 30.9 Å². The smallest absolute Gasteiger partial charge is 0.265 e. The predicted molar refractivity (Wildman–Crippen MR) is 125 cm³/mol. The Kier molecular flexibility index (Phi) is 5.90. The van der Waals surface area contributed by atoms with Crippen LogP contribution in [0.3, 0.4) is 0 Å². The van der Waals surface area contributed by atoms with E-state index in [2.05, 4.69) is 9.71 Å². The highest BCUT2D eigenvalue weighted by Crippen LogP contribution is 2.31. The molecular weight excluding hydrogens is 450 g/mol. The quantitative estimate of drug-likeness (QED) is 0.456. The number of hydrogen-bond donors (Lipinski definition) is 1. The van der Waals surface area contributed by atoms with Gasteiger partial charge in [-0.15, -0.1) is 0 Å². The van der Waals surface area contributed by atoms with E-state index in [1.165, 1.54) is 30.1 Å². The van der Waals surface area contributed by atoms with Crippen LogP contribution in [-0.2, 0) is 16.6 Å². The molecule has 0 aliphatic heterocycles. The molecule has 0 bridgehead atoms. The first kappa shape index (κ1) is 21.9. The van der Waals surface area contributed by atoms with Gasteiger partial charge in [0.15, 0.2) is 0 Å². The van der Waals surface area contributed by atoms with E-state index in [1.54, 1.807) is 25.1 Å². The highest BCUT2D eigenvalue weighted by molar-refractivity contribution is 7.92. The number of hydrogen-bond acceptors (Lipinski definition) is 5. The number of halogens is 1. The van der Waals surface area contributed by atoms with Crippen LogP contribution in [0.15, 0.2) is 76.7 Å². The van der Waals surface area contributed by atoms with Crippen LogP contribution in [-0.4, -0.2) is 25.1 Å². The van der Waals surface area contributed by atoms with E-state index in [0.717, 1.165) is 5.56 Å². The standard InChI is InChI=1S/C23H20ClN3O4S/c1-15-10-21(31-2)22(12-19(15)24)32(29,30)26-17-8-9-20-18(11-17)23(28)27(14-25-20)13-16-6-4-3-5-7-16/h3-12,14,26H,13H2,1-2H3. The summed E-state index contributed by atoms with van der Waals surface area (Å²) in [4.78, 5) is 17.2. The van der Waals surface area contributed by atoms with Gasteiger partial charge in [-0.2, -0.15) is 0 Å². The number of benzene rings is 3. The number of ether oxygens (including phenoxy) is 1. The van der Waals surface area contributed by atoms with Gasteiger partial charge in [-0.3, -0.25) is 14.1 Å². The minimum atomic E-state index is -4.02. The molecule has 1 heterocycles. The normalized spacial score (nSPS) is 11.5. The fourth-order valence-corrected chi connectivity index (χ4v) is 4.79. The first-order valence-electron chi connectivity index (χ1n) is 9.68. The van der Waals surface area contributed by atoms with Gasteiger partial charge in [-0.05, 0) is 48.4 Å². The second-order valence-electron chi connectivity index (χ2n) is 7.25. The van der Waals surface area contributed by atoms with Gasteiger partial charge in [0, 0.05) is 10.7 Å². The van der Waals surface area contributed by atoms with Crippen LogP contribution in [0.4, 0.5) is 5.69 Å². The number of nitrogens with one attached hydrogen (secondary N) is 1. The summed E-state index contributed by atoms with van der Waals surface area (Å²) < 4.78 is 35.3. The zero-order chi connectivity index (χ0) is 22.9. The monoisotopic (exact) mass is 469 g/mol. The summed E-state index contributed by atoms with van der Waals surface area (Å²) in [7, 11) is -2.64. The van der Waals surface area contributed by atoms with Gasteiger partial charge in [0.2, 0.25) is 0 Å². The van der Waals surface area contributed by atoms with Crippen LogP contribution in [0, 0.1) is 6.92 Å². The zero-order valence-corrected chi connectivity index (χ0v) is 18.9. The molecule has 7 nitrogen and oxygen atoms in total. The van der Waals surface area contributed by atoms with E-state index in [4.69, 9.17) is 16.3 Å². The third-order valence-corrected chi connectivity index (χ3v) is 6.82. The Morgan fingerprint density at radius 3 is 2.56 bits per heavy atom. The molecule has 9 heteroatoms. The molecule has 32 heavy (non-hydrogen) atoms. The summed E-state index contributed by atoms with van der Waals surface area (Å²) in [5.74, 6) is 0.173. The molecule has 0 atom stereocenters. The fourth-order valence-electron chi connectivity index (χ4n) is 3.33. The van der Waals surface area contributed by atoms with Crippen LogP contribution in [0.25, 0.3) is 10.9 Å². The summed E-state index contributed by atoms with van der Waals surface area (Å²) in [5.41, 5.74) is 2.08. The lowest BCUT2D eigenvalue weighted by molar-refractivity contribution is 0.402. The fraction of sp³-hybridized carbons (Fsp3) is 0.130. The lowest BCUT2D eigenvalue weighted by atomic mass is 10.2. The Morgan fingerprint density at radius 1 is 1.09 bits per heavy atom. The molecule has 1 N–H and O–H groups in total. The number of fused-ring (bicyclic) bond motifs is 1. The molecule has 164 valence electrons. The van der Waals surface area contributed by atoms with Crippen molar-refractivity contribution in [2.45, 2.75) is 18.4 Å². The van der Waals surface area contributed by atoms with Gasteiger partial charge in [0.25, 0.3) is 15.6 Å². The molecular formula is C23H20ClN3O4S. The summed E-state index contributed by atoms with van der Waals surface area (Å²) in [6.07, 6.45) is 1.49. The molecule has 0 amide bonds. The SMILES string of the molecule is COc1cc(C)c(Cl)cc1S(=O)(=O)Nc1ccc2ncn(Cc3ccccc3)c(=O)c2c1. The predicted octanol–water partition coefficient (Wildman–Crippen LogP) is 4.22. The number of rotatable bonds is 6. The number of methoxy groups -OCH3 is 1. The molecule has 3 aromatic carbocycles. The van der Waals surface area contributed by atoms with Crippen molar-refractivity contribution in [3.05, 3.63) is 93.5 Å². The van der Waals surface area contributed by atoms with Crippen LogP contribution in [0.2, 0.25) is 5.02 Å². The first-order chi connectivity index (χ1) is 15.3. The van der Waals surface area contributed by atoms with Crippen molar-refractivity contribution < 1.29 is 13.2 Å². The highest BCUT2D eigenvalue weighted by atomic mass is 35.5. The molecule has 4 rings (SSSR count). The topological polar surface area (TPSA) is 90.3 Å². The van der Waals surface area contributed by atoms with Crippen molar-refractivity contribution in [1.29, 1.82) is 0 Å². The van der Waals surface area contributed by atoms with E-state index >= 15 is 0 Å². The van der Waals surface area contributed by atoms with Crippen LogP contribution in [0.5, 0.6) is 5.75 Å². The molecule has 0 radical (unpaired) electrons. The number of nitrogens with zero attached hydrogens (tertiary/aromatic N) is 2. The van der Waals surface area contributed by atoms with E-state index in [1.807, 2.05) is 30.3 Å². The van der Waals surface area contributed by atoms with Crippen molar-refractivity contribution in [1.82, 2.24) is 9.55 Å². The Balaban J connectivity index is 1.72. The van der Waals surface area contributed by atoms with E-state index in [9.17, 15) is 13.2 Å². The average molecular weight is 470 g/mol. The number of sulfonamides is 1. The van der Waals surface area contributed by atoms with Crippen LogP contribution < -0.4 is 15.0 Å². The maximum absolute atomic E-state index is 13.0. The first-order valence-corrected chi connectivity index (χ1v) is 11.5. The van der Waals surface area contributed by atoms with Gasteiger partial charge >= 0.3 is 0 Å². The highest BCUT2D eigenvalue weighted by Gasteiger charge is 2.22. The molecule has 0 aliphatic carbocycles. The molecule has 0 spiro atoms. The van der Waals surface area contributed by atoms with Crippen molar-refractivity contribution in [3.8, 4) is 5.75 Å². The number of aromatic nitrogens is 2. The third-order valence-electron chi connectivity index (χ3n) is 5.01. The molecule has 0 saturated carbocycles. The maximum atomic E-state index is 13.0. The number of anilines is 1. The van der Waals surface area contributed by atoms with E-state index < -0.39 is 10.0 Å². The van der Waals surface area contributed by atoms with Crippen LogP contribution in [0.1, 0.15) is 11.1 Å². The molecule has 4 aromatic rings. The van der Waals surface area contributed by atoms with Crippen LogP contribution >= 0.6 is 11.6 Å². The molecule has 0 aliphatic rings. The lowest BCUT2D eigenvalue weighted by Crippen LogP contribution is -2.21. The molecule has 1 aromatic heterocycles. The van der Waals surface area contributed by atoms with Gasteiger partial charge in [0.1, 0.15) is 10.6 Å². The van der Waals surface area contributed by atoms with Crippen molar-refractivity contribution in [3.63, 3.8) is 0 Å². The zero-order valence-electron chi connectivity index (χ0n) is 17.4. The summed E-state index contributed by atoms with van der Waals surface area (Å²) >= 11 is 6.13. The van der Waals surface area contributed by atoms with Crippen molar-refractivity contribution in [2.24, 2.45) is 0 Å². The molecule has 0 unspecified atom stereocenters. The summed E-state index contributed by atoms with van der Waals surface area (Å²) in [6, 6.07) is 17.1. The summed E-state index contributed by atoms with van der Waals surface area (Å²) in [5, 5.41) is 0.607. The van der Waals surface area contributed by atoms with Crippen molar-refractivity contribution >= 4 is 38.2 Å². The van der Waals surface area contributed by atoms with Crippen molar-refractivity contribution in [2.75, 3.05) is 11.8 Å².